The number of carbonyl (C=O) groups excluding carboxylic acids is 1. The molecule has 7 rings (SSSR count). The van der Waals surface area contributed by atoms with E-state index in [1.807, 2.05) is 24.3 Å². The van der Waals surface area contributed by atoms with Gasteiger partial charge in [0, 0.05) is 6.42 Å². The first kappa shape index (κ1) is 37.1. The third-order valence-corrected chi connectivity index (χ3v) is 16.7. The number of carbonyl (C=O) groups is 1. The fraction of sp³-hybridized carbons (Fsp3) is 0.543. The van der Waals surface area contributed by atoms with Gasteiger partial charge >= 0.3 is 0 Å². The topological polar surface area (TPSA) is 74.7 Å². The van der Waals surface area contributed by atoms with Crippen LogP contribution in [0.3, 0.4) is 0 Å². The molecule has 1 N–H and O–H groups in total. The molecule has 0 aliphatic heterocycles. The van der Waals surface area contributed by atoms with Gasteiger partial charge in [-0.25, -0.2) is 12.7 Å². The fourth-order valence-electron chi connectivity index (χ4n) is 12.1. The lowest BCUT2D eigenvalue weighted by Crippen LogP contribution is -2.55. The van der Waals surface area contributed by atoms with Crippen LogP contribution in [0.2, 0.25) is 0 Å². The lowest BCUT2D eigenvalue weighted by Gasteiger charge is -2.62. The van der Waals surface area contributed by atoms with Crippen molar-refractivity contribution in [1.82, 2.24) is 4.31 Å². The normalized spacial score (nSPS) is 33.3. The summed E-state index contributed by atoms with van der Waals surface area (Å²) in [7, 11) is -3.80. The van der Waals surface area contributed by atoms with Crippen LogP contribution < -0.4 is 0 Å². The molecule has 3 aromatic carbocycles. The predicted octanol–water partition coefficient (Wildman–Crippen LogP) is 10.2. The maximum Gasteiger partial charge on any atom is 0.241 e. The Hall–Kier alpha value is -3.22. The summed E-state index contributed by atoms with van der Waals surface area (Å²) in [6.45, 7) is 11.2. The van der Waals surface area contributed by atoms with E-state index in [0.717, 1.165) is 35.0 Å². The summed E-state index contributed by atoms with van der Waals surface area (Å²) < 4.78 is 27.7. The first-order valence-corrected chi connectivity index (χ1v) is 21.6. The molecule has 52 heavy (non-hydrogen) atoms. The van der Waals surface area contributed by atoms with Gasteiger partial charge in [0.15, 0.2) is 0 Å². The molecule has 0 heterocycles. The Morgan fingerprint density at radius 2 is 1.50 bits per heavy atom. The highest BCUT2D eigenvalue weighted by molar-refractivity contribution is 7.88. The van der Waals surface area contributed by atoms with E-state index in [2.05, 4.69) is 75.9 Å². The maximum atomic E-state index is 13.5. The van der Waals surface area contributed by atoms with E-state index in [0.29, 0.717) is 41.6 Å². The van der Waals surface area contributed by atoms with Crippen molar-refractivity contribution in [1.29, 1.82) is 0 Å². The summed E-state index contributed by atoms with van der Waals surface area (Å²) in [5.74, 6) is 3.04. The summed E-state index contributed by atoms with van der Waals surface area (Å²) in [4.78, 5) is 13.5. The second-order valence-electron chi connectivity index (χ2n) is 17.5. The fourth-order valence-corrected chi connectivity index (χ4v) is 13.6. The van der Waals surface area contributed by atoms with Gasteiger partial charge in [-0.05, 0) is 133 Å². The van der Waals surface area contributed by atoms with E-state index in [9.17, 15) is 18.3 Å². The van der Waals surface area contributed by atoms with E-state index in [1.165, 1.54) is 55.7 Å². The van der Waals surface area contributed by atoms with Gasteiger partial charge in [-0.1, -0.05) is 112 Å². The van der Waals surface area contributed by atoms with E-state index < -0.39 is 15.6 Å². The molecule has 1 amide bonds. The third kappa shape index (κ3) is 6.83. The lowest BCUT2D eigenvalue weighted by molar-refractivity contribution is -0.154. The molecule has 6 heteroatoms. The number of nitrogens with zero attached hydrogens (tertiary/aromatic N) is 1. The second-order valence-corrected chi connectivity index (χ2v) is 19.4. The van der Waals surface area contributed by atoms with Crippen LogP contribution >= 0.6 is 0 Å². The number of amides is 1. The summed E-state index contributed by atoms with van der Waals surface area (Å²) in [5.41, 5.74) is 3.90. The van der Waals surface area contributed by atoms with Gasteiger partial charge in [0.25, 0.3) is 0 Å². The smallest absolute Gasteiger partial charge is 0.241 e. The highest BCUT2D eigenvalue weighted by atomic mass is 32.2. The molecule has 9 atom stereocenters. The number of aliphatic hydroxyl groups is 1. The first-order chi connectivity index (χ1) is 24.9. The number of hydrogen-bond donors (Lipinski definition) is 1. The molecule has 4 aliphatic rings. The van der Waals surface area contributed by atoms with Gasteiger partial charge in [0.2, 0.25) is 15.9 Å². The SMILES string of the molecule is C=CCN(C(=O)CC[C@@H](C)[C@H]1CC[C@H]2[C@@H]3CC[C@@H]4C[C@](O)(c5ccc(-c6ccccc6)cc5)CC[C@]4(C)[C@H]3CC[C@]12C)S(=O)(=O)Cc1ccccc1. The molecule has 5 nitrogen and oxygen atoms in total. The van der Waals surface area contributed by atoms with Crippen LogP contribution in [0.4, 0.5) is 0 Å². The standard InChI is InChI=1S/C46H59NO4S/c1-5-30-47(52(50,51)32-34-12-8-6-9-13-34)43(48)25-16-33(2)40-23-24-41-39-22-21-38-31-46(49,29-28-44(38,3)42(39)26-27-45(40,41)4)37-19-17-36(18-20-37)35-14-10-7-11-15-35/h5-15,17-20,33,38-42,49H,1,16,21-32H2,2-4H3/t33-,38-,39+,40-,41+,42+,44+,45-,46+/m1/s1. The highest BCUT2D eigenvalue weighted by Gasteiger charge is 2.61. The summed E-state index contributed by atoms with van der Waals surface area (Å²) in [6, 6.07) is 28.2. The third-order valence-electron chi connectivity index (χ3n) is 14.9. The van der Waals surface area contributed by atoms with Crippen molar-refractivity contribution in [2.45, 2.75) is 103 Å². The van der Waals surface area contributed by atoms with Crippen molar-refractivity contribution in [3.63, 3.8) is 0 Å². The zero-order chi connectivity index (χ0) is 36.7. The monoisotopic (exact) mass is 721 g/mol. The average molecular weight is 722 g/mol. The van der Waals surface area contributed by atoms with Crippen molar-refractivity contribution >= 4 is 15.9 Å². The van der Waals surface area contributed by atoms with Crippen LogP contribution in [0.15, 0.2) is 97.6 Å². The largest absolute Gasteiger partial charge is 0.385 e. The van der Waals surface area contributed by atoms with Crippen molar-refractivity contribution in [3.8, 4) is 11.1 Å². The van der Waals surface area contributed by atoms with E-state index in [-0.39, 0.29) is 35.5 Å². The van der Waals surface area contributed by atoms with E-state index in [1.54, 1.807) is 12.1 Å². The molecule has 4 fully saturated rings. The van der Waals surface area contributed by atoms with Crippen LogP contribution in [0.5, 0.6) is 0 Å². The Morgan fingerprint density at radius 1 is 0.846 bits per heavy atom. The van der Waals surface area contributed by atoms with Crippen molar-refractivity contribution in [2.75, 3.05) is 6.54 Å². The number of hydrogen-bond acceptors (Lipinski definition) is 4. The number of rotatable bonds is 11. The zero-order valence-corrected chi connectivity index (χ0v) is 32.4. The molecule has 4 saturated carbocycles. The van der Waals surface area contributed by atoms with Gasteiger partial charge in [0.1, 0.15) is 0 Å². The van der Waals surface area contributed by atoms with Crippen molar-refractivity contribution < 1.29 is 18.3 Å². The molecule has 4 aliphatic carbocycles. The summed E-state index contributed by atoms with van der Waals surface area (Å²) >= 11 is 0. The predicted molar refractivity (Wildman–Crippen MR) is 210 cm³/mol. The Balaban J connectivity index is 0.985. The summed E-state index contributed by atoms with van der Waals surface area (Å²) in [5, 5.41) is 12.1. The summed E-state index contributed by atoms with van der Waals surface area (Å²) in [6.07, 6.45) is 12.6. The maximum absolute atomic E-state index is 13.5. The molecule has 0 saturated heterocycles. The molecule has 0 radical (unpaired) electrons. The van der Waals surface area contributed by atoms with Crippen LogP contribution in [0.25, 0.3) is 11.1 Å². The molecule has 278 valence electrons. The number of fused-ring (bicyclic) bond motifs is 5. The molecular formula is C46H59NO4S. The Morgan fingerprint density at radius 3 is 2.19 bits per heavy atom. The molecular weight excluding hydrogens is 663 g/mol. The molecule has 3 aromatic rings. The quantitative estimate of drug-likeness (QED) is 0.200. The molecule has 0 spiro atoms. The number of sulfonamides is 1. The lowest BCUT2D eigenvalue weighted by atomic mass is 9.43. The minimum absolute atomic E-state index is 0.00632. The van der Waals surface area contributed by atoms with Gasteiger partial charge in [0.05, 0.1) is 17.9 Å². The van der Waals surface area contributed by atoms with Gasteiger partial charge in [-0.3, -0.25) is 4.79 Å². The Labute approximate surface area is 313 Å². The van der Waals surface area contributed by atoms with Crippen LogP contribution in [-0.2, 0) is 26.2 Å². The minimum Gasteiger partial charge on any atom is -0.385 e. The van der Waals surface area contributed by atoms with Crippen molar-refractivity contribution in [2.24, 2.45) is 46.3 Å². The molecule has 0 unspecified atom stereocenters. The van der Waals surface area contributed by atoms with E-state index >= 15 is 0 Å². The second kappa shape index (κ2) is 14.5. The Kier molecular flexibility index (Phi) is 10.4. The number of benzene rings is 3. The van der Waals surface area contributed by atoms with Crippen LogP contribution in [0.1, 0.15) is 103 Å². The molecule has 0 aromatic heterocycles. The minimum atomic E-state index is -3.80. The Bertz CT molecular complexity index is 1830. The van der Waals surface area contributed by atoms with Crippen LogP contribution in [-0.4, -0.2) is 30.3 Å². The molecule has 0 bridgehead atoms. The van der Waals surface area contributed by atoms with Crippen molar-refractivity contribution in [3.05, 3.63) is 109 Å². The van der Waals surface area contributed by atoms with Gasteiger partial charge in [-0.2, -0.15) is 0 Å². The first-order valence-electron chi connectivity index (χ1n) is 19.9. The van der Waals surface area contributed by atoms with E-state index in [4.69, 9.17) is 0 Å². The van der Waals surface area contributed by atoms with Crippen LogP contribution in [0, 0.1) is 46.3 Å². The highest BCUT2D eigenvalue weighted by Crippen LogP contribution is 2.69. The average Bonchev–Trinajstić information content (AvgIpc) is 3.51. The van der Waals surface area contributed by atoms with Gasteiger partial charge < -0.3 is 5.11 Å². The van der Waals surface area contributed by atoms with Gasteiger partial charge in [-0.15, -0.1) is 6.58 Å². The zero-order valence-electron chi connectivity index (χ0n) is 31.6.